The predicted molar refractivity (Wildman–Crippen MR) is 72.3 cm³/mol. The highest BCUT2D eigenvalue weighted by molar-refractivity contribution is 5.36. The van der Waals surface area contributed by atoms with Crippen LogP contribution in [-0.4, -0.2) is 48.8 Å². The predicted octanol–water partition coefficient (Wildman–Crippen LogP) is 1.05. The summed E-state index contributed by atoms with van der Waals surface area (Å²) in [5, 5.41) is 10.3. The highest BCUT2D eigenvalue weighted by Gasteiger charge is 2.49. The van der Waals surface area contributed by atoms with E-state index in [4.69, 9.17) is 19.9 Å². The molecule has 3 saturated heterocycles. The lowest BCUT2D eigenvalue weighted by Gasteiger charge is -2.41. The Bertz CT molecular complexity index is 462. The maximum atomic E-state index is 10.3. The van der Waals surface area contributed by atoms with Crippen molar-refractivity contribution in [3.05, 3.63) is 23.5 Å². The van der Waals surface area contributed by atoms with Crippen LogP contribution in [-0.2, 0) is 14.2 Å². The number of aliphatic hydroxyl groups excluding tert-OH is 1. The Morgan fingerprint density at radius 1 is 1.10 bits per heavy atom. The monoisotopic (exact) mass is 279 g/mol. The van der Waals surface area contributed by atoms with Gasteiger partial charge in [0.25, 0.3) is 0 Å². The summed E-state index contributed by atoms with van der Waals surface area (Å²) in [6.45, 7) is 2.38. The van der Waals surface area contributed by atoms with Gasteiger partial charge in [-0.25, -0.2) is 0 Å². The Labute approximate surface area is 118 Å². The number of allylic oxidation sites excluding steroid dienone is 2. The molecular weight excluding hydrogens is 258 g/mol. The summed E-state index contributed by atoms with van der Waals surface area (Å²) in [7, 11) is 0. The SMILES string of the molecule is NC1(CC2CO2)C(CC2CO2)=CC=C(O)C1CC1CO1. The molecule has 0 radical (unpaired) electrons. The summed E-state index contributed by atoms with van der Waals surface area (Å²) >= 11 is 0. The minimum atomic E-state index is -0.530. The third-order valence-electron chi connectivity index (χ3n) is 4.75. The van der Waals surface area contributed by atoms with E-state index in [1.807, 2.05) is 6.08 Å². The molecule has 0 saturated carbocycles. The number of epoxide rings is 3. The quantitative estimate of drug-likeness (QED) is 0.710. The molecule has 3 fully saturated rings. The van der Waals surface area contributed by atoms with Crippen molar-refractivity contribution in [3.8, 4) is 0 Å². The van der Waals surface area contributed by atoms with Gasteiger partial charge in [-0.2, -0.15) is 0 Å². The summed E-state index contributed by atoms with van der Waals surface area (Å²) in [5.74, 6) is 0.307. The first-order valence-electron chi connectivity index (χ1n) is 7.39. The number of aliphatic hydroxyl groups is 1. The van der Waals surface area contributed by atoms with Crippen LogP contribution in [0.15, 0.2) is 23.5 Å². The average molecular weight is 279 g/mol. The molecule has 5 unspecified atom stereocenters. The molecule has 5 heteroatoms. The smallest absolute Gasteiger partial charge is 0.0976 e. The van der Waals surface area contributed by atoms with Crippen LogP contribution in [0.4, 0.5) is 0 Å². The van der Waals surface area contributed by atoms with Crippen molar-refractivity contribution >= 4 is 0 Å². The van der Waals surface area contributed by atoms with Crippen molar-refractivity contribution in [3.63, 3.8) is 0 Å². The van der Waals surface area contributed by atoms with Crippen LogP contribution in [0.3, 0.4) is 0 Å². The second-order valence-corrected chi connectivity index (χ2v) is 6.39. The molecule has 4 aliphatic rings. The summed E-state index contributed by atoms with van der Waals surface area (Å²) in [5.41, 5.74) is 7.42. The Balaban J connectivity index is 1.60. The summed E-state index contributed by atoms with van der Waals surface area (Å²) < 4.78 is 16.1. The van der Waals surface area contributed by atoms with Gasteiger partial charge in [0.15, 0.2) is 0 Å². The van der Waals surface area contributed by atoms with Gasteiger partial charge in [0.2, 0.25) is 0 Å². The van der Waals surface area contributed by atoms with E-state index in [1.165, 1.54) is 5.57 Å². The van der Waals surface area contributed by atoms with Gasteiger partial charge in [-0.1, -0.05) is 6.08 Å². The average Bonchev–Trinajstić information content (AvgIpc) is 3.22. The van der Waals surface area contributed by atoms with Gasteiger partial charge in [-0.05, 0) is 30.9 Å². The van der Waals surface area contributed by atoms with Gasteiger partial charge >= 0.3 is 0 Å². The molecule has 0 amide bonds. The van der Waals surface area contributed by atoms with E-state index in [1.54, 1.807) is 6.08 Å². The van der Waals surface area contributed by atoms with Crippen LogP contribution >= 0.6 is 0 Å². The van der Waals surface area contributed by atoms with Crippen LogP contribution in [0, 0.1) is 5.92 Å². The lowest BCUT2D eigenvalue weighted by molar-refractivity contribution is 0.192. The number of hydrogen-bond donors (Lipinski definition) is 2. The van der Waals surface area contributed by atoms with Crippen molar-refractivity contribution in [1.82, 2.24) is 0 Å². The van der Waals surface area contributed by atoms with Crippen molar-refractivity contribution in [2.45, 2.75) is 43.1 Å². The maximum Gasteiger partial charge on any atom is 0.0976 e. The highest BCUT2D eigenvalue weighted by atomic mass is 16.6. The van der Waals surface area contributed by atoms with Crippen molar-refractivity contribution in [2.75, 3.05) is 19.8 Å². The van der Waals surface area contributed by atoms with Gasteiger partial charge in [0, 0.05) is 11.5 Å². The standard InChI is InChI=1S/C15H21NO4/c16-15(5-12-8-20-12)9(3-10-6-18-10)1-2-14(17)13(15)4-11-7-19-11/h1-2,10-13,17H,3-8,16H2. The van der Waals surface area contributed by atoms with Crippen LogP contribution in [0.1, 0.15) is 19.3 Å². The summed E-state index contributed by atoms with van der Waals surface area (Å²) in [6, 6.07) is 0. The first-order valence-corrected chi connectivity index (χ1v) is 7.39. The third kappa shape index (κ3) is 2.51. The second kappa shape index (κ2) is 4.56. The third-order valence-corrected chi connectivity index (χ3v) is 4.75. The molecule has 3 heterocycles. The largest absolute Gasteiger partial charge is 0.512 e. The fraction of sp³-hybridized carbons (Fsp3) is 0.733. The molecule has 0 bridgehead atoms. The van der Waals surface area contributed by atoms with E-state index in [2.05, 4.69) is 0 Å². The van der Waals surface area contributed by atoms with Gasteiger partial charge in [0.1, 0.15) is 0 Å². The molecule has 5 atom stereocenters. The molecule has 0 spiro atoms. The number of rotatable bonds is 6. The molecule has 4 rings (SSSR count). The lowest BCUT2D eigenvalue weighted by atomic mass is 9.68. The zero-order valence-electron chi connectivity index (χ0n) is 11.5. The van der Waals surface area contributed by atoms with Crippen molar-refractivity contribution in [2.24, 2.45) is 11.7 Å². The fourth-order valence-corrected chi connectivity index (χ4v) is 3.27. The van der Waals surface area contributed by atoms with Crippen LogP contribution in [0.25, 0.3) is 0 Å². The Hall–Kier alpha value is -0.880. The van der Waals surface area contributed by atoms with Crippen molar-refractivity contribution < 1.29 is 19.3 Å². The number of nitrogens with two attached hydrogens (primary N) is 1. The van der Waals surface area contributed by atoms with Crippen LogP contribution in [0.5, 0.6) is 0 Å². The molecule has 20 heavy (non-hydrogen) atoms. The summed E-state index contributed by atoms with van der Waals surface area (Å²) in [6.07, 6.45) is 6.96. The molecule has 110 valence electrons. The lowest BCUT2D eigenvalue weighted by Crippen LogP contribution is -2.52. The van der Waals surface area contributed by atoms with Gasteiger partial charge in [-0.3, -0.25) is 0 Å². The van der Waals surface area contributed by atoms with E-state index < -0.39 is 5.54 Å². The van der Waals surface area contributed by atoms with Crippen LogP contribution < -0.4 is 5.73 Å². The van der Waals surface area contributed by atoms with E-state index in [0.29, 0.717) is 11.9 Å². The number of hydrogen-bond acceptors (Lipinski definition) is 5. The van der Waals surface area contributed by atoms with Crippen molar-refractivity contribution in [1.29, 1.82) is 0 Å². The molecule has 5 nitrogen and oxygen atoms in total. The Morgan fingerprint density at radius 3 is 2.35 bits per heavy atom. The molecule has 0 aromatic rings. The fourth-order valence-electron chi connectivity index (χ4n) is 3.27. The number of ether oxygens (including phenoxy) is 3. The van der Waals surface area contributed by atoms with E-state index in [0.717, 1.165) is 39.1 Å². The molecule has 1 aliphatic carbocycles. The molecule has 0 aromatic carbocycles. The Kier molecular flexibility index (Phi) is 2.93. The second-order valence-electron chi connectivity index (χ2n) is 6.39. The minimum Gasteiger partial charge on any atom is -0.512 e. The van der Waals surface area contributed by atoms with E-state index in [9.17, 15) is 5.11 Å². The van der Waals surface area contributed by atoms with Crippen LogP contribution in [0.2, 0.25) is 0 Å². The normalized spacial score (nSPS) is 45.6. The van der Waals surface area contributed by atoms with E-state index in [-0.39, 0.29) is 18.1 Å². The molecular formula is C15H21NO4. The first kappa shape index (κ1) is 12.8. The highest BCUT2D eigenvalue weighted by Crippen LogP contribution is 2.44. The molecule has 3 aliphatic heterocycles. The zero-order chi connectivity index (χ0) is 13.7. The van der Waals surface area contributed by atoms with Gasteiger partial charge < -0.3 is 25.1 Å². The van der Waals surface area contributed by atoms with E-state index >= 15 is 0 Å². The first-order chi connectivity index (χ1) is 9.65. The molecule has 0 aromatic heterocycles. The zero-order valence-corrected chi connectivity index (χ0v) is 11.5. The van der Waals surface area contributed by atoms with Gasteiger partial charge in [0.05, 0.1) is 43.9 Å². The molecule has 3 N–H and O–H groups in total. The topological polar surface area (TPSA) is 83.8 Å². The van der Waals surface area contributed by atoms with Gasteiger partial charge in [-0.15, -0.1) is 0 Å². The summed E-state index contributed by atoms with van der Waals surface area (Å²) in [4.78, 5) is 0. The minimum absolute atomic E-state index is 0.0713. The Morgan fingerprint density at radius 2 is 1.75 bits per heavy atom. The maximum absolute atomic E-state index is 10.3.